The molecule has 5 nitrogen and oxygen atoms in total. The summed E-state index contributed by atoms with van der Waals surface area (Å²) in [6, 6.07) is 4.40. The van der Waals surface area contributed by atoms with Crippen LogP contribution in [0.25, 0.3) is 0 Å². The van der Waals surface area contributed by atoms with Gasteiger partial charge in [-0.2, -0.15) is 8.78 Å². The normalized spacial score (nSPS) is 23.0. The number of halogens is 2. The van der Waals surface area contributed by atoms with E-state index < -0.39 is 12.7 Å². The molecule has 7 heteroatoms. The summed E-state index contributed by atoms with van der Waals surface area (Å²) in [4.78, 5) is 24.4. The summed E-state index contributed by atoms with van der Waals surface area (Å²) in [5.74, 6) is 0.578. The van der Waals surface area contributed by atoms with Gasteiger partial charge in [-0.05, 0) is 42.9 Å². The van der Waals surface area contributed by atoms with Crippen molar-refractivity contribution in [3.05, 3.63) is 23.8 Å². The summed E-state index contributed by atoms with van der Waals surface area (Å²) in [5.41, 5.74) is 0.850. The molecule has 2 aliphatic rings. The van der Waals surface area contributed by atoms with Crippen molar-refractivity contribution in [2.75, 3.05) is 13.2 Å². The number of amides is 1. The van der Waals surface area contributed by atoms with Crippen LogP contribution in [0.3, 0.4) is 0 Å². The number of hydrogen-bond acceptors (Lipinski definition) is 4. The Bertz CT molecular complexity index is 648. The lowest BCUT2D eigenvalue weighted by molar-refractivity contribution is -0.132. The first-order valence-corrected chi connectivity index (χ1v) is 8.42. The van der Waals surface area contributed by atoms with Crippen LogP contribution >= 0.6 is 0 Å². The van der Waals surface area contributed by atoms with Crippen LogP contribution in [0.1, 0.15) is 37.7 Å². The van der Waals surface area contributed by atoms with E-state index in [0.29, 0.717) is 25.5 Å². The number of ether oxygens (including phenoxy) is 2. The monoisotopic (exact) mass is 353 g/mol. The SMILES string of the molecule is CC(=O)N1CC(c2ccc(OC(F)F)c(OCC3CC3)c2)C[C@@H]1C=O. The summed E-state index contributed by atoms with van der Waals surface area (Å²) in [5, 5.41) is 0. The number of hydrogen-bond donors (Lipinski definition) is 0. The van der Waals surface area contributed by atoms with E-state index in [-0.39, 0.29) is 23.3 Å². The lowest BCUT2D eigenvalue weighted by atomic mass is 9.96. The van der Waals surface area contributed by atoms with Gasteiger partial charge in [0.15, 0.2) is 11.5 Å². The highest BCUT2D eigenvalue weighted by Gasteiger charge is 2.34. The molecule has 25 heavy (non-hydrogen) atoms. The molecule has 1 saturated heterocycles. The third kappa shape index (κ3) is 4.27. The van der Waals surface area contributed by atoms with Gasteiger partial charge >= 0.3 is 6.61 Å². The van der Waals surface area contributed by atoms with E-state index in [1.165, 1.54) is 17.9 Å². The van der Waals surface area contributed by atoms with Crippen molar-refractivity contribution in [2.45, 2.75) is 44.8 Å². The first kappa shape index (κ1) is 17.6. The molecule has 0 N–H and O–H groups in total. The van der Waals surface area contributed by atoms with Crippen molar-refractivity contribution in [3.63, 3.8) is 0 Å². The van der Waals surface area contributed by atoms with E-state index in [1.54, 1.807) is 12.1 Å². The fourth-order valence-corrected chi connectivity index (χ4v) is 3.18. The second kappa shape index (κ2) is 7.37. The summed E-state index contributed by atoms with van der Waals surface area (Å²) in [7, 11) is 0. The van der Waals surface area contributed by atoms with Crippen LogP contribution in [-0.4, -0.2) is 42.9 Å². The van der Waals surface area contributed by atoms with Crippen LogP contribution in [0, 0.1) is 5.92 Å². The number of carbonyl (C=O) groups is 2. The maximum absolute atomic E-state index is 12.6. The summed E-state index contributed by atoms with van der Waals surface area (Å²) in [6.45, 7) is -0.587. The van der Waals surface area contributed by atoms with Gasteiger partial charge in [0, 0.05) is 19.4 Å². The number of nitrogens with zero attached hydrogens (tertiary/aromatic N) is 1. The molecule has 2 fully saturated rings. The highest BCUT2D eigenvalue weighted by molar-refractivity contribution is 5.78. The molecule has 1 heterocycles. The van der Waals surface area contributed by atoms with Crippen molar-refractivity contribution in [1.82, 2.24) is 4.90 Å². The smallest absolute Gasteiger partial charge is 0.387 e. The predicted octanol–water partition coefficient (Wildman–Crippen LogP) is 2.98. The summed E-state index contributed by atoms with van der Waals surface area (Å²) < 4.78 is 35.4. The lowest BCUT2D eigenvalue weighted by Crippen LogP contribution is -2.34. The zero-order chi connectivity index (χ0) is 18.0. The zero-order valence-electron chi connectivity index (χ0n) is 14.0. The molecule has 1 saturated carbocycles. The number of aldehydes is 1. The summed E-state index contributed by atoms with van der Waals surface area (Å²) >= 11 is 0. The summed E-state index contributed by atoms with van der Waals surface area (Å²) in [6.07, 6.45) is 3.46. The van der Waals surface area contributed by atoms with Crippen LogP contribution in [0.4, 0.5) is 8.78 Å². The maximum Gasteiger partial charge on any atom is 0.387 e. The Kier molecular flexibility index (Phi) is 5.20. The van der Waals surface area contributed by atoms with E-state index in [2.05, 4.69) is 4.74 Å². The van der Waals surface area contributed by atoms with E-state index in [4.69, 9.17) is 4.74 Å². The predicted molar refractivity (Wildman–Crippen MR) is 85.9 cm³/mol. The van der Waals surface area contributed by atoms with Gasteiger partial charge in [0.25, 0.3) is 0 Å². The Labute approximate surface area is 144 Å². The van der Waals surface area contributed by atoms with E-state index in [1.807, 2.05) is 0 Å². The quantitative estimate of drug-likeness (QED) is 0.707. The highest BCUT2D eigenvalue weighted by Crippen LogP contribution is 2.38. The zero-order valence-corrected chi connectivity index (χ0v) is 14.0. The second-order valence-corrected chi connectivity index (χ2v) is 6.65. The Morgan fingerprint density at radius 2 is 2.12 bits per heavy atom. The van der Waals surface area contributed by atoms with Gasteiger partial charge in [-0.15, -0.1) is 0 Å². The van der Waals surface area contributed by atoms with E-state index in [9.17, 15) is 18.4 Å². The number of rotatable bonds is 7. The van der Waals surface area contributed by atoms with Crippen molar-refractivity contribution in [1.29, 1.82) is 0 Å². The number of alkyl halides is 2. The van der Waals surface area contributed by atoms with Gasteiger partial charge in [-0.3, -0.25) is 4.79 Å². The van der Waals surface area contributed by atoms with Gasteiger partial charge in [0.1, 0.15) is 6.29 Å². The third-order valence-corrected chi connectivity index (χ3v) is 4.73. The minimum absolute atomic E-state index is 0.00718. The Balaban J connectivity index is 1.79. The number of carbonyl (C=O) groups excluding carboxylic acids is 2. The Morgan fingerprint density at radius 3 is 2.68 bits per heavy atom. The van der Waals surface area contributed by atoms with E-state index >= 15 is 0 Å². The van der Waals surface area contributed by atoms with Gasteiger partial charge in [0.05, 0.1) is 12.6 Å². The van der Waals surface area contributed by atoms with Crippen LogP contribution < -0.4 is 9.47 Å². The lowest BCUT2D eigenvalue weighted by Gasteiger charge is -2.18. The minimum Gasteiger partial charge on any atom is -0.489 e. The molecule has 1 amide bonds. The molecule has 2 atom stereocenters. The van der Waals surface area contributed by atoms with Crippen molar-refractivity contribution in [3.8, 4) is 11.5 Å². The molecule has 0 radical (unpaired) electrons. The van der Waals surface area contributed by atoms with Crippen LogP contribution in [-0.2, 0) is 9.59 Å². The average molecular weight is 353 g/mol. The standard InChI is InChI=1S/C18H21F2NO4/c1-11(23)21-8-14(6-15(21)9-22)13-4-5-16(25-18(19)20)17(7-13)24-10-12-2-3-12/h4-5,7,9,12,14-15,18H,2-3,6,8,10H2,1H3/t14?,15-/m1/s1. The number of likely N-dealkylation sites (tertiary alicyclic amines) is 1. The Morgan fingerprint density at radius 1 is 1.36 bits per heavy atom. The molecule has 0 aromatic heterocycles. The average Bonchev–Trinajstić information content (AvgIpc) is 3.29. The molecule has 1 aromatic carbocycles. The fraction of sp³-hybridized carbons (Fsp3) is 0.556. The molecule has 1 aliphatic heterocycles. The Hall–Kier alpha value is -2.18. The molecule has 136 valence electrons. The molecule has 0 spiro atoms. The van der Waals surface area contributed by atoms with Crippen LogP contribution in [0.15, 0.2) is 18.2 Å². The van der Waals surface area contributed by atoms with Gasteiger partial charge in [-0.1, -0.05) is 6.07 Å². The van der Waals surface area contributed by atoms with Gasteiger partial charge in [-0.25, -0.2) is 0 Å². The largest absolute Gasteiger partial charge is 0.489 e. The second-order valence-electron chi connectivity index (χ2n) is 6.65. The first-order valence-electron chi connectivity index (χ1n) is 8.42. The molecule has 1 aliphatic carbocycles. The molecule has 0 bridgehead atoms. The van der Waals surface area contributed by atoms with Crippen LogP contribution in [0.2, 0.25) is 0 Å². The van der Waals surface area contributed by atoms with Gasteiger partial charge in [0.2, 0.25) is 5.91 Å². The van der Waals surface area contributed by atoms with Crippen molar-refractivity contribution >= 4 is 12.2 Å². The fourth-order valence-electron chi connectivity index (χ4n) is 3.18. The van der Waals surface area contributed by atoms with Gasteiger partial charge < -0.3 is 19.2 Å². The molecule has 1 unspecified atom stereocenters. The topological polar surface area (TPSA) is 55.8 Å². The van der Waals surface area contributed by atoms with E-state index in [0.717, 1.165) is 24.7 Å². The highest BCUT2D eigenvalue weighted by atomic mass is 19.3. The van der Waals surface area contributed by atoms with Crippen molar-refractivity contribution in [2.24, 2.45) is 5.92 Å². The molecule has 1 aromatic rings. The van der Waals surface area contributed by atoms with Crippen molar-refractivity contribution < 1.29 is 27.8 Å². The number of benzene rings is 1. The third-order valence-electron chi connectivity index (χ3n) is 4.73. The van der Waals surface area contributed by atoms with Crippen LogP contribution in [0.5, 0.6) is 11.5 Å². The molecular weight excluding hydrogens is 332 g/mol. The minimum atomic E-state index is -2.92. The first-order chi connectivity index (χ1) is 12.0. The molecule has 3 rings (SSSR count). The maximum atomic E-state index is 12.6. The molecular formula is C18H21F2NO4.